The van der Waals surface area contributed by atoms with Crippen molar-refractivity contribution < 1.29 is 9.59 Å². The fourth-order valence-corrected chi connectivity index (χ4v) is 3.99. The van der Waals surface area contributed by atoms with Crippen molar-refractivity contribution in [1.82, 2.24) is 0 Å². The first-order valence-electron chi connectivity index (χ1n) is 7.00. The van der Waals surface area contributed by atoms with Crippen LogP contribution < -0.4 is 0 Å². The Labute approximate surface area is 102 Å². The smallest absolute Gasteiger partial charge is 0.155 e. The minimum atomic E-state index is 0.312. The molecule has 92 valence electrons. The average molecular weight is 232 g/mol. The van der Waals surface area contributed by atoms with Crippen molar-refractivity contribution in [3.8, 4) is 0 Å². The normalized spacial score (nSPS) is 37.9. The van der Waals surface area contributed by atoms with E-state index in [1.54, 1.807) is 0 Å². The molecule has 0 N–H and O–H groups in total. The fraction of sp³-hybridized carbons (Fsp3) is 0.733. The zero-order valence-electron chi connectivity index (χ0n) is 10.3. The van der Waals surface area contributed by atoms with E-state index in [1.165, 1.54) is 5.57 Å². The Bertz CT molecular complexity index is 380. The van der Waals surface area contributed by atoms with Gasteiger partial charge in [-0.15, -0.1) is 0 Å². The molecule has 3 atom stereocenters. The summed E-state index contributed by atoms with van der Waals surface area (Å²) >= 11 is 0. The van der Waals surface area contributed by atoms with Crippen LogP contribution in [0.5, 0.6) is 0 Å². The highest BCUT2D eigenvalue weighted by molar-refractivity contribution is 5.91. The Balaban J connectivity index is 1.70. The van der Waals surface area contributed by atoms with Crippen LogP contribution in [0.1, 0.15) is 51.4 Å². The van der Waals surface area contributed by atoms with Gasteiger partial charge in [0.1, 0.15) is 5.78 Å². The van der Waals surface area contributed by atoms with Crippen LogP contribution in [0, 0.1) is 17.8 Å². The molecule has 0 aromatic heterocycles. The minimum Gasteiger partial charge on any atom is -0.299 e. The predicted molar refractivity (Wildman–Crippen MR) is 65.5 cm³/mol. The lowest BCUT2D eigenvalue weighted by atomic mass is 9.69. The molecule has 3 aliphatic carbocycles. The quantitative estimate of drug-likeness (QED) is 0.696. The molecule has 0 aromatic carbocycles. The van der Waals surface area contributed by atoms with Crippen LogP contribution >= 0.6 is 0 Å². The lowest BCUT2D eigenvalue weighted by molar-refractivity contribution is -0.122. The number of fused-ring (bicyclic) bond motifs is 1. The topological polar surface area (TPSA) is 34.1 Å². The van der Waals surface area contributed by atoms with E-state index in [1.807, 2.05) is 6.08 Å². The summed E-state index contributed by atoms with van der Waals surface area (Å²) < 4.78 is 0. The molecule has 3 aliphatic rings. The van der Waals surface area contributed by atoms with Gasteiger partial charge in [-0.05, 0) is 56.4 Å². The van der Waals surface area contributed by atoms with Gasteiger partial charge in [0.2, 0.25) is 0 Å². The lowest BCUT2D eigenvalue weighted by Crippen LogP contribution is -2.28. The molecule has 0 spiro atoms. The van der Waals surface area contributed by atoms with Gasteiger partial charge < -0.3 is 0 Å². The molecule has 2 nitrogen and oxygen atoms in total. The molecule has 3 rings (SSSR count). The second-order valence-corrected chi connectivity index (χ2v) is 5.92. The fourth-order valence-electron chi connectivity index (χ4n) is 3.99. The van der Waals surface area contributed by atoms with E-state index < -0.39 is 0 Å². The van der Waals surface area contributed by atoms with Gasteiger partial charge in [-0.1, -0.05) is 5.57 Å². The number of carbonyl (C=O) groups excluding carboxylic acids is 2. The Morgan fingerprint density at radius 1 is 1.00 bits per heavy atom. The van der Waals surface area contributed by atoms with Crippen LogP contribution in [0.4, 0.5) is 0 Å². The van der Waals surface area contributed by atoms with Gasteiger partial charge >= 0.3 is 0 Å². The molecular formula is C15H20O2. The highest BCUT2D eigenvalue weighted by Crippen LogP contribution is 2.44. The third-order valence-corrected chi connectivity index (χ3v) is 4.92. The molecule has 0 radical (unpaired) electrons. The molecular weight excluding hydrogens is 212 g/mol. The first-order valence-corrected chi connectivity index (χ1v) is 7.00. The van der Waals surface area contributed by atoms with Crippen molar-refractivity contribution in [2.24, 2.45) is 17.8 Å². The summed E-state index contributed by atoms with van der Waals surface area (Å²) in [6.07, 6.45) is 10.0. The molecule has 0 aliphatic heterocycles. The van der Waals surface area contributed by atoms with Crippen molar-refractivity contribution in [2.75, 3.05) is 0 Å². The monoisotopic (exact) mass is 232 g/mol. The van der Waals surface area contributed by atoms with Crippen LogP contribution in [0.15, 0.2) is 11.6 Å². The summed E-state index contributed by atoms with van der Waals surface area (Å²) in [5, 5.41) is 0. The summed E-state index contributed by atoms with van der Waals surface area (Å²) in [5.74, 6) is 2.40. The van der Waals surface area contributed by atoms with E-state index in [0.717, 1.165) is 51.4 Å². The zero-order chi connectivity index (χ0) is 11.8. The van der Waals surface area contributed by atoms with Gasteiger partial charge in [0, 0.05) is 18.8 Å². The molecule has 0 bridgehead atoms. The Hall–Kier alpha value is -0.920. The molecule has 0 unspecified atom stereocenters. The maximum atomic E-state index is 11.8. The third kappa shape index (κ3) is 2.10. The Kier molecular flexibility index (Phi) is 2.89. The summed E-state index contributed by atoms with van der Waals surface area (Å²) in [4.78, 5) is 23.2. The molecule has 0 heterocycles. The van der Waals surface area contributed by atoms with Crippen molar-refractivity contribution in [1.29, 1.82) is 0 Å². The maximum Gasteiger partial charge on any atom is 0.155 e. The van der Waals surface area contributed by atoms with Gasteiger partial charge in [0.25, 0.3) is 0 Å². The van der Waals surface area contributed by atoms with E-state index in [2.05, 4.69) is 0 Å². The number of allylic oxidation sites excluding steroid dienone is 2. The van der Waals surface area contributed by atoms with Gasteiger partial charge in [0.15, 0.2) is 5.78 Å². The Morgan fingerprint density at radius 3 is 2.65 bits per heavy atom. The highest BCUT2D eigenvalue weighted by Gasteiger charge is 2.37. The molecule has 0 amide bonds. The van der Waals surface area contributed by atoms with Crippen LogP contribution in [0.2, 0.25) is 0 Å². The first kappa shape index (κ1) is 11.2. The van der Waals surface area contributed by atoms with Crippen LogP contribution in [0.3, 0.4) is 0 Å². The summed E-state index contributed by atoms with van der Waals surface area (Å²) in [6, 6.07) is 0. The van der Waals surface area contributed by atoms with Gasteiger partial charge in [0.05, 0.1) is 0 Å². The second-order valence-electron chi connectivity index (χ2n) is 5.92. The van der Waals surface area contributed by atoms with Crippen molar-refractivity contribution >= 4 is 11.6 Å². The standard InChI is InChI=1S/C15H20O2/c16-13-7-6-10-8-12(5-4-11(10)9-13)14-2-1-3-15(14)17/h9-10,12,14H,1-8H2/t10-,12+,14-/m1/s1. The van der Waals surface area contributed by atoms with E-state index >= 15 is 0 Å². The maximum absolute atomic E-state index is 11.8. The summed E-state index contributed by atoms with van der Waals surface area (Å²) in [7, 11) is 0. The predicted octanol–water partition coefficient (Wildman–Crippen LogP) is 3.06. The SMILES string of the molecule is O=C1C=C2CC[C@H]([C@H]3CCCC3=O)C[C@H]2CC1. The van der Waals surface area contributed by atoms with Crippen molar-refractivity contribution in [2.45, 2.75) is 51.4 Å². The minimum absolute atomic E-state index is 0.312. The number of hydrogen-bond acceptors (Lipinski definition) is 2. The van der Waals surface area contributed by atoms with Gasteiger partial charge in [-0.2, -0.15) is 0 Å². The van der Waals surface area contributed by atoms with Crippen LogP contribution in [-0.2, 0) is 9.59 Å². The second kappa shape index (κ2) is 4.40. The number of hydrogen-bond donors (Lipinski definition) is 0. The molecule has 2 heteroatoms. The molecule has 17 heavy (non-hydrogen) atoms. The van der Waals surface area contributed by atoms with Crippen LogP contribution in [0.25, 0.3) is 0 Å². The number of ketones is 2. The van der Waals surface area contributed by atoms with E-state index in [0.29, 0.717) is 29.3 Å². The van der Waals surface area contributed by atoms with E-state index in [-0.39, 0.29) is 0 Å². The Morgan fingerprint density at radius 2 is 1.88 bits per heavy atom. The largest absolute Gasteiger partial charge is 0.299 e. The zero-order valence-corrected chi connectivity index (χ0v) is 10.3. The molecule has 0 saturated heterocycles. The van der Waals surface area contributed by atoms with E-state index in [4.69, 9.17) is 0 Å². The lowest BCUT2D eigenvalue weighted by Gasteiger charge is -2.36. The molecule has 2 saturated carbocycles. The highest BCUT2D eigenvalue weighted by atomic mass is 16.1. The number of rotatable bonds is 1. The van der Waals surface area contributed by atoms with Crippen molar-refractivity contribution in [3.05, 3.63) is 11.6 Å². The van der Waals surface area contributed by atoms with Crippen LogP contribution in [-0.4, -0.2) is 11.6 Å². The molecule has 0 aromatic rings. The summed E-state index contributed by atoms with van der Waals surface area (Å²) in [6.45, 7) is 0. The van der Waals surface area contributed by atoms with E-state index in [9.17, 15) is 9.59 Å². The summed E-state index contributed by atoms with van der Waals surface area (Å²) in [5.41, 5.74) is 1.38. The number of carbonyl (C=O) groups is 2. The average Bonchev–Trinajstić information content (AvgIpc) is 2.75. The van der Waals surface area contributed by atoms with Crippen molar-refractivity contribution in [3.63, 3.8) is 0 Å². The van der Waals surface area contributed by atoms with Gasteiger partial charge in [-0.3, -0.25) is 9.59 Å². The third-order valence-electron chi connectivity index (χ3n) is 4.92. The first-order chi connectivity index (χ1) is 8.24. The van der Waals surface area contributed by atoms with Gasteiger partial charge in [-0.25, -0.2) is 0 Å². The number of Topliss-reactive ketones (excluding diaryl/α,β-unsaturated/α-hetero) is 1. The molecule has 2 fully saturated rings.